The van der Waals surface area contributed by atoms with Gasteiger partial charge in [0.15, 0.2) is 0 Å². The molecule has 0 aliphatic rings. The lowest BCUT2D eigenvalue weighted by Gasteiger charge is -2.18. The lowest BCUT2D eigenvalue weighted by atomic mass is 10.1. The maximum atomic E-state index is 10.5. The second kappa shape index (κ2) is 7.32. The highest BCUT2D eigenvalue weighted by atomic mass is 16.4. The summed E-state index contributed by atoms with van der Waals surface area (Å²) in [7, 11) is 0. The summed E-state index contributed by atoms with van der Waals surface area (Å²) < 4.78 is 0. The van der Waals surface area contributed by atoms with Crippen LogP contribution in [0.3, 0.4) is 0 Å². The maximum absolute atomic E-state index is 10.5. The molecule has 0 aliphatic carbocycles. The van der Waals surface area contributed by atoms with Crippen LogP contribution in [-0.2, 0) is 4.79 Å². The first-order valence-corrected chi connectivity index (χ1v) is 4.73. The molecule has 92 valence electrons. The van der Waals surface area contributed by atoms with Crippen molar-refractivity contribution in [1.29, 1.82) is 0 Å². The number of carboxylic acids is 1. The molecule has 0 unspecified atom stereocenters. The van der Waals surface area contributed by atoms with E-state index in [2.05, 4.69) is 5.32 Å². The minimum atomic E-state index is -1.39. The summed E-state index contributed by atoms with van der Waals surface area (Å²) in [6.07, 6.45) is 1.22. The van der Waals surface area contributed by atoms with E-state index in [-0.39, 0.29) is 6.42 Å². The van der Waals surface area contributed by atoms with Crippen molar-refractivity contribution in [3.63, 3.8) is 0 Å². The molecule has 0 aliphatic heterocycles. The third kappa shape index (κ3) is 7.42. The SMILES string of the molecule is NC(=O)NCCCC[C@H](NC(N)=O)C(=O)[O-]. The molecule has 8 nitrogen and oxygen atoms in total. The Balaban J connectivity index is 3.72. The van der Waals surface area contributed by atoms with Crippen molar-refractivity contribution in [2.45, 2.75) is 25.3 Å². The molecule has 0 saturated carbocycles. The summed E-state index contributed by atoms with van der Waals surface area (Å²) >= 11 is 0. The molecule has 8 heteroatoms. The number of amides is 4. The van der Waals surface area contributed by atoms with Gasteiger partial charge in [0, 0.05) is 6.54 Å². The average Bonchev–Trinajstić information content (AvgIpc) is 2.14. The topological polar surface area (TPSA) is 150 Å². The van der Waals surface area contributed by atoms with Gasteiger partial charge in [0.05, 0.1) is 12.0 Å². The van der Waals surface area contributed by atoms with E-state index in [0.29, 0.717) is 19.4 Å². The van der Waals surface area contributed by atoms with Gasteiger partial charge in [-0.05, 0) is 19.3 Å². The summed E-state index contributed by atoms with van der Waals surface area (Å²) in [5, 5.41) is 14.9. The van der Waals surface area contributed by atoms with Crippen LogP contribution in [0, 0.1) is 0 Å². The maximum Gasteiger partial charge on any atom is 0.312 e. The molecule has 16 heavy (non-hydrogen) atoms. The Morgan fingerprint density at radius 3 is 2.19 bits per heavy atom. The number of carboxylic acid groups (broad SMARTS) is 1. The minimum absolute atomic E-state index is 0.186. The fourth-order valence-electron chi connectivity index (χ4n) is 1.11. The smallest absolute Gasteiger partial charge is 0.312 e. The fourth-order valence-corrected chi connectivity index (χ4v) is 1.11. The van der Waals surface area contributed by atoms with Crippen molar-refractivity contribution in [2.24, 2.45) is 11.5 Å². The summed E-state index contributed by atoms with van der Waals surface area (Å²) in [6.45, 7) is 0.353. The van der Waals surface area contributed by atoms with Crippen LogP contribution >= 0.6 is 0 Å². The normalized spacial score (nSPS) is 11.5. The highest BCUT2D eigenvalue weighted by Crippen LogP contribution is 1.99. The zero-order valence-electron chi connectivity index (χ0n) is 8.69. The van der Waals surface area contributed by atoms with Crippen molar-refractivity contribution in [1.82, 2.24) is 10.6 Å². The molecule has 0 aromatic rings. The van der Waals surface area contributed by atoms with E-state index in [9.17, 15) is 19.5 Å². The van der Waals surface area contributed by atoms with Gasteiger partial charge in [0.25, 0.3) is 0 Å². The predicted octanol–water partition coefficient (Wildman–Crippen LogP) is -2.39. The number of rotatable bonds is 7. The van der Waals surface area contributed by atoms with Crippen molar-refractivity contribution >= 4 is 18.0 Å². The van der Waals surface area contributed by atoms with Crippen molar-refractivity contribution < 1.29 is 19.5 Å². The summed E-state index contributed by atoms with van der Waals surface area (Å²) in [6, 6.07) is -2.65. The predicted molar refractivity (Wildman–Crippen MR) is 53.0 cm³/mol. The molecule has 0 heterocycles. The van der Waals surface area contributed by atoms with Crippen LogP contribution < -0.4 is 27.2 Å². The number of hydrogen-bond acceptors (Lipinski definition) is 4. The van der Waals surface area contributed by atoms with E-state index < -0.39 is 24.1 Å². The molecule has 1 atom stereocenters. The number of primary amides is 2. The van der Waals surface area contributed by atoms with Crippen LogP contribution in [0.25, 0.3) is 0 Å². The lowest BCUT2D eigenvalue weighted by molar-refractivity contribution is -0.308. The van der Waals surface area contributed by atoms with Crippen LogP contribution in [0.15, 0.2) is 0 Å². The second-order valence-electron chi connectivity index (χ2n) is 3.17. The molecule has 0 bridgehead atoms. The third-order valence-electron chi connectivity index (χ3n) is 1.82. The number of aliphatic carboxylic acids is 1. The molecule has 0 saturated heterocycles. The second-order valence-corrected chi connectivity index (χ2v) is 3.17. The summed E-state index contributed by atoms with van der Waals surface area (Å²) in [4.78, 5) is 31.3. The first kappa shape index (κ1) is 14.0. The van der Waals surface area contributed by atoms with Gasteiger partial charge in [0.2, 0.25) is 0 Å². The van der Waals surface area contributed by atoms with E-state index in [1.54, 1.807) is 0 Å². The largest absolute Gasteiger partial charge is 0.548 e. The number of unbranched alkanes of at least 4 members (excludes halogenated alkanes) is 1. The van der Waals surface area contributed by atoms with Crippen LogP contribution in [0.1, 0.15) is 19.3 Å². The molecule has 0 aromatic heterocycles. The number of nitrogens with two attached hydrogens (primary N) is 2. The number of carbonyl (C=O) groups is 3. The average molecular weight is 231 g/mol. The van der Waals surface area contributed by atoms with Gasteiger partial charge in [-0.15, -0.1) is 0 Å². The highest BCUT2D eigenvalue weighted by molar-refractivity contribution is 5.80. The van der Waals surface area contributed by atoms with Crippen molar-refractivity contribution in [3.8, 4) is 0 Å². The Labute approximate surface area is 92.4 Å². The quantitative estimate of drug-likeness (QED) is 0.361. The number of hydrogen-bond donors (Lipinski definition) is 4. The molecule has 0 radical (unpaired) electrons. The highest BCUT2D eigenvalue weighted by Gasteiger charge is 2.10. The summed E-state index contributed by atoms with van der Waals surface area (Å²) in [5.41, 5.74) is 9.61. The molecular formula is C8H15N4O4-. The molecule has 0 fully saturated rings. The molecule has 6 N–H and O–H groups in total. The number of carbonyl (C=O) groups excluding carboxylic acids is 3. The van der Waals surface area contributed by atoms with Gasteiger partial charge in [0.1, 0.15) is 0 Å². The van der Waals surface area contributed by atoms with E-state index in [0.717, 1.165) is 0 Å². The molecule has 0 aromatic carbocycles. The van der Waals surface area contributed by atoms with Crippen LogP contribution in [-0.4, -0.2) is 30.6 Å². The minimum Gasteiger partial charge on any atom is -0.548 e. The van der Waals surface area contributed by atoms with Gasteiger partial charge in [-0.1, -0.05) is 0 Å². The fraction of sp³-hybridized carbons (Fsp3) is 0.625. The molecule has 0 spiro atoms. The van der Waals surface area contributed by atoms with E-state index in [4.69, 9.17) is 11.5 Å². The number of urea groups is 2. The van der Waals surface area contributed by atoms with Gasteiger partial charge in [-0.2, -0.15) is 0 Å². The van der Waals surface area contributed by atoms with Gasteiger partial charge in [-0.25, -0.2) is 9.59 Å². The Hall–Kier alpha value is -1.99. The zero-order valence-corrected chi connectivity index (χ0v) is 8.69. The Bertz CT molecular complexity index is 269. The van der Waals surface area contributed by atoms with Crippen LogP contribution in [0.4, 0.5) is 9.59 Å². The van der Waals surface area contributed by atoms with Crippen molar-refractivity contribution in [3.05, 3.63) is 0 Å². The van der Waals surface area contributed by atoms with Crippen molar-refractivity contribution in [2.75, 3.05) is 6.54 Å². The van der Waals surface area contributed by atoms with E-state index >= 15 is 0 Å². The third-order valence-corrected chi connectivity index (χ3v) is 1.82. The molecular weight excluding hydrogens is 216 g/mol. The van der Waals surface area contributed by atoms with E-state index in [1.165, 1.54) is 0 Å². The molecule has 4 amide bonds. The van der Waals surface area contributed by atoms with Gasteiger partial charge >= 0.3 is 12.1 Å². The Morgan fingerprint density at radius 2 is 1.75 bits per heavy atom. The monoisotopic (exact) mass is 231 g/mol. The molecule has 0 rings (SSSR count). The number of nitrogens with one attached hydrogen (secondary N) is 2. The van der Waals surface area contributed by atoms with Gasteiger partial charge in [-0.3, -0.25) is 0 Å². The Kier molecular flexibility index (Phi) is 6.41. The first-order chi connectivity index (χ1) is 7.43. The van der Waals surface area contributed by atoms with Crippen LogP contribution in [0.5, 0.6) is 0 Å². The first-order valence-electron chi connectivity index (χ1n) is 4.73. The van der Waals surface area contributed by atoms with E-state index in [1.807, 2.05) is 5.32 Å². The van der Waals surface area contributed by atoms with Crippen LogP contribution in [0.2, 0.25) is 0 Å². The lowest BCUT2D eigenvalue weighted by Crippen LogP contribution is -2.49. The summed E-state index contributed by atoms with van der Waals surface area (Å²) in [5.74, 6) is -1.39. The standard InChI is InChI=1S/C8H16N4O4/c9-7(15)11-4-2-1-3-5(6(13)14)12-8(10)16/h5H,1-4H2,(H,13,14)(H3,9,11,15)(H3,10,12,16)/p-1/t5-/m0/s1. The zero-order chi connectivity index (χ0) is 12.6. The Morgan fingerprint density at radius 1 is 1.12 bits per heavy atom. The van der Waals surface area contributed by atoms with Gasteiger partial charge < -0.3 is 32.0 Å².